The van der Waals surface area contributed by atoms with Crippen molar-refractivity contribution < 1.29 is 18.6 Å². The number of rotatable bonds is 0. The topological polar surface area (TPSA) is 30.9 Å². The maximum Gasteiger partial charge on any atom is 0.0692 e. The van der Waals surface area contributed by atoms with E-state index in [4.69, 9.17) is 5.84 Å². The Balaban J connectivity index is 0.000000531. The second-order valence-corrected chi connectivity index (χ2v) is 2.74. The summed E-state index contributed by atoms with van der Waals surface area (Å²) in [6.07, 6.45) is 1.94. The molecular weight excluding hydrogens is 211 g/mol. The SMILES string of the molecule is CC.Cc1cn(N)c2ccccc12.[V]. The van der Waals surface area contributed by atoms with Crippen molar-refractivity contribution in [2.24, 2.45) is 0 Å². The summed E-state index contributed by atoms with van der Waals surface area (Å²) >= 11 is 0. The summed E-state index contributed by atoms with van der Waals surface area (Å²) in [4.78, 5) is 0. The number of nitrogen functional groups attached to an aromatic ring is 1. The van der Waals surface area contributed by atoms with Crippen molar-refractivity contribution >= 4 is 10.9 Å². The molecule has 14 heavy (non-hydrogen) atoms. The molecule has 1 radical (unpaired) electrons. The molecule has 0 bridgehead atoms. The summed E-state index contributed by atoms with van der Waals surface area (Å²) < 4.78 is 1.66. The largest absolute Gasteiger partial charge is 0.339 e. The number of benzene rings is 1. The number of fused-ring (bicyclic) bond motifs is 1. The molecule has 1 aromatic carbocycles. The summed E-state index contributed by atoms with van der Waals surface area (Å²) in [6.45, 7) is 6.06. The van der Waals surface area contributed by atoms with Crippen LogP contribution < -0.4 is 5.84 Å². The molecule has 2 N–H and O–H groups in total. The maximum absolute atomic E-state index is 5.69. The van der Waals surface area contributed by atoms with Crippen molar-refractivity contribution in [2.75, 3.05) is 5.84 Å². The van der Waals surface area contributed by atoms with Gasteiger partial charge in [0.25, 0.3) is 0 Å². The molecule has 0 aliphatic rings. The van der Waals surface area contributed by atoms with Crippen LogP contribution in [0.5, 0.6) is 0 Å². The quantitative estimate of drug-likeness (QED) is 0.689. The summed E-state index contributed by atoms with van der Waals surface area (Å²) in [5, 5.41) is 1.23. The van der Waals surface area contributed by atoms with Gasteiger partial charge < -0.3 is 5.84 Å². The Kier molecular flexibility index (Phi) is 5.43. The number of para-hydroxylation sites is 1. The number of aryl methyl sites for hydroxylation is 1. The van der Waals surface area contributed by atoms with Crippen LogP contribution in [-0.2, 0) is 18.6 Å². The smallest absolute Gasteiger partial charge is 0.0692 e. The molecule has 0 aliphatic carbocycles. The Bertz CT molecular complexity index is 357. The van der Waals surface area contributed by atoms with Crippen LogP contribution in [0.2, 0.25) is 0 Å². The van der Waals surface area contributed by atoms with Gasteiger partial charge in [0.05, 0.1) is 5.52 Å². The Labute approximate surface area is 97.0 Å². The predicted octanol–water partition coefficient (Wildman–Crippen LogP) is 2.69. The Morgan fingerprint density at radius 2 is 1.71 bits per heavy atom. The van der Waals surface area contributed by atoms with Crippen molar-refractivity contribution in [3.8, 4) is 0 Å². The van der Waals surface area contributed by atoms with E-state index in [9.17, 15) is 0 Å². The third-order valence-electron chi connectivity index (χ3n) is 1.94. The molecule has 75 valence electrons. The van der Waals surface area contributed by atoms with E-state index in [1.807, 2.05) is 38.2 Å². The zero-order chi connectivity index (χ0) is 9.84. The van der Waals surface area contributed by atoms with Crippen molar-refractivity contribution in [1.82, 2.24) is 4.68 Å². The minimum absolute atomic E-state index is 0. The molecule has 0 aliphatic heterocycles. The van der Waals surface area contributed by atoms with Crippen LogP contribution in [-0.4, -0.2) is 4.68 Å². The first-order valence-corrected chi connectivity index (χ1v) is 4.61. The number of nitrogens with two attached hydrogens (primary N) is 1. The summed E-state index contributed by atoms with van der Waals surface area (Å²) in [5.74, 6) is 5.69. The van der Waals surface area contributed by atoms with Gasteiger partial charge in [0.2, 0.25) is 0 Å². The minimum atomic E-state index is 0. The number of hydrogen-bond acceptors (Lipinski definition) is 1. The first-order chi connectivity index (χ1) is 6.29. The third-order valence-corrected chi connectivity index (χ3v) is 1.94. The molecule has 1 aromatic heterocycles. The van der Waals surface area contributed by atoms with E-state index in [-0.39, 0.29) is 18.6 Å². The van der Waals surface area contributed by atoms with Crippen molar-refractivity contribution in [2.45, 2.75) is 20.8 Å². The van der Waals surface area contributed by atoms with E-state index in [1.165, 1.54) is 10.9 Å². The second-order valence-electron chi connectivity index (χ2n) is 2.74. The normalized spacial score (nSPS) is 8.79. The van der Waals surface area contributed by atoms with Gasteiger partial charge in [-0.05, 0) is 18.6 Å². The zero-order valence-electron chi connectivity index (χ0n) is 8.86. The van der Waals surface area contributed by atoms with Crippen molar-refractivity contribution in [3.05, 3.63) is 36.0 Å². The molecule has 0 atom stereocenters. The molecule has 0 spiro atoms. The monoisotopic (exact) mass is 227 g/mol. The maximum atomic E-state index is 5.69. The van der Waals surface area contributed by atoms with Gasteiger partial charge >= 0.3 is 0 Å². The average Bonchev–Trinajstić information content (AvgIpc) is 2.47. The van der Waals surface area contributed by atoms with Gasteiger partial charge in [0, 0.05) is 30.1 Å². The first-order valence-electron chi connectivity index (χ1n) is 4.61. The number of hydrogen-bond donors (Lipinski definition) is 1. The van der Waals surface area contributed by atoms with E-state index in [2.05, 4.69) is 13.0 Å². The summed E-state index contributed by atoms with van der Waals surface area (Å²) in [6, 6.07) is 8.11. The molecule has 2 rings (SSSR count). The standard InChI is InChI=1S/C9H10N2.C2H6.V/c1-7-6-11(10)9-5-3-2-4-8(7)9;1-2;/h2-6H,10H2,1H3;1-2H3;. The fourth-order valence-electron chi connectivity index (χ4n) is 1.38. The van der Waals surface area contributed by atoms with Crippen LogP contribution in [0.4, 0.5) is 0 Å². The van der Waals surface area contributed by atoms with Crippen molar-refractivity contribution in [3.63, 3.8) is 0 Å². The van der Waals surface area contributed by atoms with Crippen LogP contribution in [0.1, 0.15) is 19.4 Å². The number of nitrogens with zero attached hydrogens (tertiary/aromatic N) is 1. The van der Waals surface area contributed by atoms with E-state index >= 15 is 0 Å². The van der Waals surface area contributed by atoms with E-state index < -0.39 is 0 Å². The predicted molar refractivity (Wildman–Crippen MR) is 58.2 cm³/mol. The van der Waals surface area contributed by atoms with Gasteiger partial charge in [0.15, 0.2) is 0 Å². The van der Waals surface area contributed by atoms with Crippen LogP contribution in [0.3, 0.4) is 0 Å². The molecule has 0 fully saturated rings. The van der Waals surface area contributed by atoms with Crippen LogP contribution in [0.25, 0.3) is 10.9 Å². The molecule has 2 aromatic rings. The Morgan fingerprint density at radius 1 is 1.14 bits per heavy atom. The Hall–Kier alpha value is -0.856. The fourth-order valence-corrected chi connectivity index (χ4v) is 1.38. The van der Waals surface area contributed by atoms with Crippen LogP contribution >= 0.6 is 0 Å². The van der Waals surface area contributed by atoms with Gasteiger partial charge in [-0.1, -0.05) is 32.0 Å². The molecule has 0 saturated carbocycles. The average molecular weight is 227 g/mol. The van der Waals surface area contributed by atoms with Gasteiger partial charge in [-0.15, -0.1) is 0 Å². The number of aromatic nitrogens is 1. The molecule has 0 saturated heterocycles. The van der Waals surface area contributed by atoms with Gasteiger partial charge in [-0.25, -0.2) is 0 Å². The molecule has 0 amide bonds. The minimum Gasteiger partial charge on any atom is -0.339 e. The van der Waals surface area contributed by atoms with E-state index in [0.717, 1.165) is 5.52 Å². The third kappa shape index (κ3) is 2.34. The molecule has 3 heteroatoms. The van der Waals surface area contributed by atoms with Gasteiger partial charge in [-0.2, -0.15) is 0 Å². The van der Waals surface area contributed by atoms with Gasteiger partial charge in [0.1, 0.15) is 0 Å². The molecule has 1 heterocycles. The zero-order valence-corrected chi connectivity index (χ0v) is 10.3. The molecule has 0 unspecified atom stereocenters. The molecule has 2 nitrogen and oxygen atoms in total. The summed E-state index contributed by atoms with van der Waals surface area (Å²) in [5.41, 5.74) is 2.31. The fraction of sp³-hybridized carbons (Fsp3) is 0.273. The van der Waals surface area contributed by atoms with Gasteiger partial charge in [-0.3, -0.25) is 4.68 Å². The first kappa shape index (κ1) is 13.1. The van der Waals surface area contributed by atoms with Crippen LogP contribution in [0, 0.1) is 6.92 Å². The van der Waals surface area contributed by atoms with Crippen molar-refractivity contribution in [1.29, 1.82) is 0 Å². The summed E-state index contributed by atoms with van der Waals surface area (Å²) in [7, 11) is 0. The second kappa shape index (κ2) is 5.79. The Morgan fingerprint density at radius 3 is 2.29 bits per heavy atom. The molecular formula is C11H16N2V. The van der Waals surface area contributed by atoms with E-state index in [1.54, 1.807) is 4.68 Å². The van der Waals surface area contributed by atoms with Crippen LogP contribution in [0.15, 0.2) is 30.5 Å². The van der Waals surface area contributed by atoms with E-state index in [0.29, 0.717) is 0 Å².